The van der Waals surface area contributed by atoms with Crippen molar-refractivity contribution in [3.05, 3.63) is 0 Å². The summed E-state index contributed by atoms with van der Waals surface area (Å²) < 4.78 is 14.4. The molecular formula is C15H25NO13. The zero-order valence-corrected chi connectivity index (χ0v) is 15.3. The van der Waals surface area contributed by atoms with Crippen molar-refractivity contribution in [1.82, 2.24) is 5.32 Å². The molecule has 2 heterocycles. The molecule has 9 N–H and O–H groups in total. The van der Waals surface area contributed by atoms with E-state index in [0.29, 0.717) is 0 Å². The van der Waals surface area contributed by atoms with Crippen LogP contribution in [0, 0.1) is 0 Å². The highest BCUT2D eigenvalue weighted by Gasteiger charge is 2.58. The molecule has 0 aromatic carbocycles. The quantitative estimate of drug-likeness (QED) is 0.186. The predicted octanol–water partition coefficient (Wildman–Crippen LogP) is -6.36. The number of carbonyl (C=O) groups excluding carboxylic acids is 2. The molecule has 0 bridgehead atoms. The van der Waals surface area contributed by atoms with Crippen LogP contribution in [0.1, 0.15) is 6.92 Å². The van der Waals surface area contributed by atoms with Crippen LogP contribution in [0.4, 0.5) is 0 Å². The smallest absolute Gasteiger partial charge is 0.303 e. The van der Waals surface area contributed by atoms with Gasteiger partial charge in [0.25, 0.3) is 5.91 Å². The Hall–Kier alpha value is -1.46. The minimum atomic E-state index is -2.96. The average molecular weight is 427 g/mol. The van der Waals surface area contributed by atoms with E-state index in [1.165, 1.54) is 0 Å². The zero-order chi connectivity index (χ0) is 22.1. The predicted molar refractivity (Wildman–Crippen MR) is 86.4 cm³/mol. The van der Waals surface area contributed by atoms with Crippen LogP contribution < -0.4 is 5.32 Å². The number of amides is 1. The fourth-order valence-corrected chi connectivity index (χ4v) is 2.93. The molecule has 2 aliphatic heterocycles. The average Bonchev–Trinajstić information content (AvgIpc) is 2.67. The summed E-state index contributed by atoms with van der Waals surface area (Å²) in [5, 5.41) is 81.0. The maximum Gasteiger partial charge on any atom is 0.303 e. The Morgan fingerprint density at radius 1 is 1.00 bits per heavy atom. The Morgan fingerprint density at radius 2 is 1.52 bits per heavy atom. The fourth-order valence-electron chi connectivity index (χ4n) is 2.93. The normalized spacial score (nSPS) is 44.0. The second-order valence-corrected chi connectivity index (χ2v) is 6.93. The van der Waals surface area contributed by atoms with Gasteiger partial charge in [0.2, 0.25) is 17.7 Å². The number of hydrogen-bond donors (Lipinski definition) is 9. The van der Waals surface area contributed by atoms with Crippen LogP contribution in [0.25, 0.3) is 0 Å². The Morgan fingerprint density at radius 3 is 2.07 bits per heavy atom. The van der Waals surface area contributed by atoms with Gasteiger partial charge in [0.1, 0.15) is 36.6 Å². The topological polar surface area (TPSA) is 236 Å². The molecule has 2 fully saturated rings. The summed E-state index contributed by atoms with van der Waals surface area (Å²) in [4.78, 5) is 23.9. The molecule has 14 heteroatoms. The molecule has 0 radical (unpaired) electrons. The van der Waals surface area contributed by atoms with Gasteiger partial charge in [0.05, 0.1) is 19.8 Å². The van der Waals surface area contributed by atoms with Crippen LogP contribution in [0.2, 0.25) is 0 Å². The summed E-state index contributed by atoms with van der Waals surface area (Å²) in [7, 11) is 0. The molecule has 0 saturated carbocycles. The lowest BCUT2D eigenvalue weighted by molar-refractivity contribution is -0.346. The van der Waals surface area contributed by atoms with E-state index in [1.54, 1.807) is 0 Å². The third-order valence-corrected chi connectivity index (χ3v) is 4.72. The molecule has 168 valence electrons. The van der Waals surface area contributed by atoms with E-state index in [4.69, 9.17) is 14.2 Å². The summed E-state index contributed by atoms with van der Waals surface area (Å²) in [6.07, 6.45) is -13.4. The van der Waals surface area contributed by atoms with E-state index in [1.807, 2.05) is 5.32 Å². The molecule has 1 amide bonds. The number of ether oxygens (including phenoxy) is 3. The molecule has 2 saturated heterocycles. The van der Waals surface area contributed by atoms with E-state index in [2.05, 4.69) is 0 Å². The molecule has 0 aliphatic carbocycles. The summed E-state index contributed by atoms with van der Waals surface area (Å²) >= 11 is 0. The van der Waals surface area contributed by atoms with Gasteiger partial charge in [-0.05, 0) is 0 Å². The number of aliphatic hydroxyl groups excluding tert-OH is 6. The van der Waals surface area contributed by atoms with E-state index in [9.17, 15) is 50.4 Å². The third-order valence-electron chi connectivity index (χ3n) is 4.72. The summed E-state index contributed by atoms with van der Waals surface area (Å²) in [6, 6.07) is 0. The number of carbonyl (C=O) groups is 2. The lowest BCUT2D eigenvalue weighted by Gasteiger charge is -2.44. The number of aliphatic hydroxyl groups is 8. The van der Waals surface area contributed by atoms with Crippen molar-refractivity contribution in [2.45, 2.75) is 61.2 Å². The maximum absolute atomic E-state index is 12.5. The van der Waals surface area contributed by atoms with Crippen LogP contribution in [0.15, 0.2) is 0 Å². The molecule has 0 aromatic rings. The van der Waals surface area contributed by atoms with Gasteiger partial charge in [0, 0.05) is 6.92 Å². The molecule has 0 aromatic heterocycles. The fraction of sp³-hybridized carbons (Fsp3) is 0.867. The highest BCUT2D eigenvalue weighted by atomic mass is 16.7. The van der Waals surface area contributed by atoms with Gasteiger partial charge in [-0.15, -0.1) is 0 Å². The van der Waals surface area contributed by atoms with E-state index >= 15 is 0 Å². The number of hydrogen-bond acceptors (Lipinski definition) is 13. The van der Waals surface area contributed by atoms with Crippen molar-refractivity contribution in [1.29, 1.82) is 0 Å². The van der Waals surface area contributed by atoms with Crippen LogP contribution in [0.5, 0.6) is 0 Å². The van der Waals surface area contributed by atoms with Crippen LogP contribution in [-0.2, 0) is 23.8 Å². The first-order valence-electron chi connectivity index (χ1n) is 8.59. The van der Waals surface area contributed by atoms with Crippen molar-refractivity contribution in [2.75, 3.05) is 19.8 Å². The number of esters is 1. The van der Waals surface area contributed by atoms with E-state index < -0.39 is 85.9 Å². The largest absolute Gasteiger partial charge is 0.446 e. The molecule has 0 spiro atoms. The second-order valence-electron chi connectivity index (χ2n) is 6.93. The van der Waals surface area contributed by atoms with Crippen molar-refractivity contribution in [3.8, 4) is 0 Å². The Labute approximate surface area is 163 Å². The van der Waals surface area contributed by atoms with Gasteiger partial charge < -0.3 is 60.4 Å². The lowest BCUT2D eigenvalue weighted by Crippen LogP contribution is -2.70. The first-order chi connectivity index (χ1) is 13.3. The van der Waals surface area contributed by atoms with E-state index in [0.717, 1.165) is 6.92 Å². The summed E-state index contributed by atoms with van der Waals surface area (Å²) in [6.45, 7) is -1.31. The van der Waals surface area contributed by atoms with Crippen molar-refractivity contribution in [2.24, 2.45) is 0 Å². The van der Waals surface area contributed by atoms with Gasteiger partial charge in [-0.2, -0.15) is 0 Å². The highest BCUT2D eigenvalue weighted by Crippen LogP contribution is 2.30. The third kappa shape index (κ3) is 4.66. The number of rotatable bonds is 5. The molecule has 29 heavy (non-hydrogen) atoms. The van der Waals surface area contributed by atoms with Crippen molar-refractivity contribution >= 4 is 11.9 Å². The van der Waals surface area contributed by atoms with Crippen LogP contribution in [0.3, 0.4) is 0 Å². The monoisotopic (exact) mass is 427 g/mol. The van der Waals surface area contributed by atoms with Crippen molar-refractivity contribution in [3.63, 3.8) is 0 Å². The molecule has 2 aliphatic rings. The SMILES string of the molecule is CC(=O)OC(C(=O)NC[C@@]1(O)OC[C@@H](O)[C@@H](O)[C@@H]1O)[C@@]1(O)OC[C@@H](O)[C@@H](O)[C@@H]1O. The number of nitrogens with one attached hydrogen (secondary N) is 1. The first-order valence-corrected chi connectivity index (χ1v) is 8.59. The van der Waals surface area contributed by atoms with Crippen LogP contribution in [-0.4, -0.2) is 127 Å². The summed E-state index contributed by atoms with van der Waals surface area (Å²) in [5.41, 5.74) is 0. The Balaban J connectivity index is 2.16. The molecule has 2 rings (SSSR count). The Bertz CT molecular complexity index is 619. The minimum absolute atomic E-state index is 0.576. The van der Waals surface area contributed by atoms with Gasteiger partial charge in [0.15, 0.2) is 0 Å². The summed E-state index contributed by atoms with van der Waals surface area (Å²) in [5.74, 6) is -7.92. The van der Waals surface area contributed by atoms with Gasteiger partial charge in [-0.3, -0.25) is 9.59 Å². The van der Waals surface area contributed by atoms with E-state index in [-0.39, 0.29) is 0 Å². The minimum Gasteiger partial charge on any atom is -0.446 e. The maximum atomic E-state index is 12.5. The molecule has 1 unspecified atom stereocenters. The lowest BCUT2D eigenvalue weighted by atomic mass is 9.91. The standard InChI is InChI=1S/C15H25NO13/c1-5(17)29-12(15(26)11(23)9(21)7(19)3-28-15)13(24)16-4-14(25)10(22)8(20)6(18)2-27-14/h6-12,18-23,25-26H,2-4H2,1H3,(H,16,24)/t6-,7-,8-,9-,10+,11+,12?,14-,15+/m1/s1. The van der Waals surface area contributed by atoms with Gasteiger partial charge >= 0.3 is 5.97 Å². The zero-order valence-electron chi connectivity index (χ0n) is 15.3. The van der Waals surface area contributed by atoms with Gasteiger partial charge in [-0.25, -0.2) is 0 Å². The Kier molecular flexibility index (Phi) is 7.17. The molecule has 14 nitrogen and oxygen atoms in total. The first kappa shape index (κ1) is 23.8. The van der Waals surface area contributed by atoms with Crippen molar-refractivity contribution < 1.29 is 64.7 Å². The molecule has 9 atom stereocenters. The van der Waals surface area contributed by atoms with Crippen LogP contribution >= 0.6 is 0 Å². The second kappa shape index (κ2) is 8.73. The van der Waals surface area contributed by atoms with Gasteiger partial charge in [-0.1, -0.05) is 0 Å². The molecular weight excluding hydrogens is 402 g/mol. The highest BCUT2D eigenvalue weighted by molar-refractivity contribution is 5.84.